The first-order valence-corrected chi connectivity index (χ1v) is 7.16. The molecule has 2 aromatic rings. The molecular formula is C13H14N2O3S. The molecule has 100 valence electrons. The summed E-state index contributed by atoms with van der Waals surface area (Å²) < 4.78 is 26.8. The number of rotatable bonds is 3. The van der Waals surface area contributed by atoms with Gasteiger partial charge in [0, 0.05) is 12.3 Å². The topological polar surface area (TPSA) is 79.0 Å². The molecule has 0 spiro atoms. The van der Waals surface area contributed by atoms with Gasteiger partial charge >= 0.3 is 0 Å². The average molecular weight is 278 g/mol. The van der Waals surface area contributed by atoms with E-state index in [1.165, 1.54) is 18.3 Å². The van der Waals surface area contributed by atoms with Gasteiger partial charge in [-0.25, -0.2) is 8.42 Å². The molecule has 2 N–H and O–H groups in total. The standard InChI is InChI=1S/C13H14N2O3S/c1-9-4-3-5-12(10(9)2)15-19(17,18)11-6-7-13(16)14-8-11/h3-8,15H,1-2H3,(H,14,16). The Kier molecular flexibility index (Phi) is 3.44. The number of aromatic nitrogens is 1. The van der Waals surface area contributed by atoms with Gasteiger partial charge in [0.25, 0.3) is 10.0 Å². The molecule has 0 saturated carbocycles. The van der Waals surface area contributed by atoms with Crippen molar-refractivity contribution in [1.29, 1.82) is 0 Å². The molecule has 0 bridgehead atoms. The number of H-pyrrole nitrogens is 1. The number of benzene rings is 1. The van der Waals surface area contributed by atoms with Crippen LogP contribution in [0.15, 0.2) is 46.2 Å². The van der Waals surface area contributed by atoms with Crippen LogP contribution in [0.5, 0.6) is 0 Å². The minimum Gasteiger partial charge on any atom is -0.328 e. The van der Waals surface area contributed by atoms with E-state index in [1.807, 2.05) is 19.9 Å². The minimum absolute atomic E-state index is 0.0213. The first-order valence-electron chi connectivity index (χ1n) is 5.68. The summed E-state index contributed by atoms with van der Waals surface area (Å²) >= 11 is 0. The third-order valence-corrected chi connectivity index (χ3v) is 4.28. The minimum atomic E-state index is -3.69. The molecule has 5 nitrogen and oxygen atoms in total. The van der Waals surface area contributed by atoms with Gasteiger partial charge in [-0.2, -0.15) is 0 Å². The summed E-state index contributed by atoms with van der Waals surface area (Å²) in [5.74, 6) is 0. The summed E-state index contributed by atoms with van der Waals surface area (Å²) in [5, 5.41) is 0. The Bertz CT molecular complexity index is 743. The molecule has 0 fully saturated rings. The smallest absolute Gasteiger partial charge is 0.263 e. The molecule has 0 radical (unpaired) electrons. The van der Waals surface area contributed by atoms with Crippen LogP contribution in [0.2, 0.25) is 0 Å². The predicted molar refractivity (Wildman–Crippen MR) is 73.8 cm³/mol. The molecule has 19 heavy (non-hydrogen) atoms. The van der Waals surface area contributed by atoms with Crippen molar-refractivity contribution in [1.82, 2.24) is 4.98 Å². The van der Waals surface area contributed by atoms with Gasteiger partial charge in [-0.05, 0) is 37.1 Å². The number of nitrogens with one attached hydrogen (secondary N) is 2. The molecule has 0 saturated heterocycles. The Morgan fingerprint density at radius 1 is 1.11 bits per heavy atom. The zero-order valence-electron chi connectivity index (χ0n) is 10.6. The third-order valence-electron chi connectivity index (χ3n) is 2.91. The summed E-state index contributed by atoms with van der Waals surface area (Å²) in [6, 6.07) is 7.84. The molecule has 2 rings (SSSR count). The van der Waals surface area contributed by atoms with Gasteiger partial charge in [-0.15, -0.1) is 0 Å². The Morgan fingerprint density at radius 3 is 2.47 bits per heavy atom. The van der Waals surface area contributed by atoms with Gasteiger partial charge in [0.05, 0.1) is 5.69 Å². The van der Waals surface area contributed by atoms with E-state index in [1.54, 1.807) is 12.1 Å². The Morgan fingerprint density at radius 2 is 1.84 bits per heavy atom. The highest BCUT2D eigenvalue weighted by Crippen LogP contribution is 2.21. The second-order valence-corrected chi connectivity index (χ2v) is 5.92. The fourth-order valence-electron chi connectivity index (χ4n) is 1.63. The molecular weight excluding hydrogens is 264 g/mol. The lowest BCUT2D eigenvalue weighted by Gasteiger charge is -2.11. The van der Waals surface area contributed by atoms with E-state index in [0.29, 0.717) is 5.69 Å². The lowest BCUT2D eigenvalue weighted by atomic mass is 10.1. The average Bonchev–Trinajstić information content (AvgIpc) is 2.35. The SMILES string of the molecule is Cc1cccc(NS(=O)(=O)c2ccc(=O)[nH]c2)c1C. The summed E-state index contributed by atoms with van der Waals surface area (Å²) in [6.07, 6.45) is 1.18. The second-order valence-electron chi connectivity index (χ2n) is 4.24. The second kappa shape index (κ2) is 4.89. The predicted octanol–water partition coefficient (Wildman–Crippen LogP) is 1.79. The normalized spacial score (nSPS) is 11.3. The third kappa shape index (κ3) is 2.85. The number of anilines is 1. The van der Waals surface area contributed by atoms with Crippen molar-refractivity contribution in [2.45, 2.75) is 18.7 Å². The molecule has 0 aliphatic rings. The molecule has 6 heteroatoms. The molecule has 1 heterocycles. The number of aryl methyl sites for hydroxylation is 1. The molecule has 0 amide bonds. The molecule has 0 atom stereocenters. The van der Waals surface area contributed by atoms with E-state index in [4.69, 9.17) is 0 Å². The van der Waals surface area contributed by atoms with Crippen molar-refractivity contribution < 1.29 is 8.42 Å². The highest BCUT2D eigenvalue weighted by atomic mass is 32.2. The van der Waals surface area contributed by atoms with E-state index in [2.05, 4.69) is 9.71 Å². The summed E-state index contributed by atoms with van der Waals surface area (Å²) in [5.41, 5.74) is 2.06. The van der Waals surface area contributed by atoms with Crippen LogP contribution >= 0.6 is 0 Å². The van der Waals surface area contributed by atoms with Crippen molar-refractivity contribution in [2.75, 3.05) is 4.72 Å². The van der Waals surface area contributed by atoms with E-state index < -0.39 is 10.0 Å². The van der Waals surface area contributed by atoms with Crippen LogP contribution in [0, 0.1) is 13.8 Å². The molecule has 0 aliphatic carbocycles. The summed E-state index contributed by atoms with van der Waals surface area (Å²) in [4.78, 5) is 13.3. The first-order chi connectivity index (χ1) is 8.90. The fraction of sp³-hybridized carbons (Fsp3) is 0.154. The molecule has 0 aliphatic heterocycles. The zero-order valence-corrected chi connectivity index (χ0v) is 11.4. The van der Waals surface area contributed by atoms with Crippen LogP contribution in [0.4, 0.5) is 5.69 Å². The monoisotopic (exact) mass is 278 g/mol. The maximum absolute atomic E-state index is 12.1. The first kappa shape index (κ1) is 13.4. The van der Waals surface area contributed by atoms with Crippen LogP contribution in [-0.2, 0) is 10.0 Å². The molecule has 1 aromatic heterocycles. The van der Waals surface area contributed by atoms with Gasteiger partial charge in [0.1, 0.15) is 4.90 Å². The number of hydrogen-bond acceptors (Lipinski definition) is 3. The highest BCUT2D eigenvalue weighted by Gasteiger charge is 2.15. The maximum Gasteiger partial charge on any atom is 0.263 e. The van der Waals surface area contributed by atoms with Crippen LogP contribution in [-0.4, -0.2) is 13.4 Å². The number of pyridine rings is 1. The van der Waals surface area contributed by atoms with Crippen molar-refractivity contribution in [3.63, 3.8) is 0 Å². The van der Waals surface area contributed by atoms with Gasteiger partial charge in [0.15, 0.2) is 0 Å². The van der Waals surface area contributed by atoms with Crippen molar-refractivity contribution in [3.8, 4) is 0 Å². The summed E-state index contributed by atoms with van der Waals surface area (Å²) in [6.45, 7) is 3.76. The Labute approximate surface area is 111 Å². The van der Waals surface area contributed by atoms with Crippen LogP contribution < -0.4 is 10.3 Å². The number of hydrogen-bond donors (Lipinski definition) is 2. The van der Waals surface area contributed by atoms with Crippen molar-refractivity contribution in [2.24, 2.45) is 0 Å². The van der Waals surface area contributed by atoms with Crippen molar-refractivity contribution in [3.05, 3.63) is 58.0 Å². The Hall–Kier alpha value is -2.08. The molecule has 0 unspecified atom stereocenters. The quantitative estimate of drug-likeness (QED) is 0.898. The van der Waals surface area contributed by atoms with Crippen LogP contribution in [0.1, 0.15) is 11.1 Å². The maximum atomic E-state index is 12.1. The van der Waals surface area contributed by atoms with E-state index in [9.17, 15) is 13.2 Å². The van der Waals surface area contributed by atoms with Crippen LogP contribution in [0.3, 0.4) is 0 Å². The van der Waals surface area contributed by atoms with E-state index >= 15 is 0 Å². The number of aromatic amines is 1. The lowest BCUT2D eigenvalue weighted by molar-refractivity contribution is 0.600. The largest absolute Gasteiger partial charge is 0.328 e. The van der Waals surface area contributed by atoms with Gasteiger partial charge < -0.3 is 4.98 Å². The van der Waals surface area contributed by atoms with E-state index in [-0.39, 0.29) is 10.5 Å². The lowest BCUT2D eigenvalue weighted by Crippen LogP contribution is -2.16. The van der Waals surface area contributed by atoms with E-state index in [0.717, 1.165) is 11.1 Å². The van der Waals surface area contributed by atoms with Gasteiger partial charge in [-0.1, -0.05) is 12.1 Å². The molecule has 1 aromatic carbocycles. The van der Waals surface area contributed by atoms with Crippen molar-refractivity contribution >= 4 is 15.7 Å². The number of sulfonamides is 1. The fourth-order valence-corrected chi connectivity index (χ4v) is 2.72. The van der Waals surface area contributed by atoms with Gasteiger partial charge in [0.2, 0.25) is 5.56 Å². The van der Waals surface area contributed by atoms with Crippen LogP contribution in [0.25, 0.3) is 0 Å². The Balaban J connectivity index is 2.39. The summed E-state index contributed by atoms with van der Waals surface area (Å²) in [7, 11) is -3.69. The van der Waals surface area contributed by atoms with Gasteiger partial charge in [-0.3, -0.25) is 9.52 Å². The highest BCUT2D eigenvalue weighted by molar-refractivity contribution is 7.92. The zero-order chi connectivity index (χ0) is 14.0.